The van der Waals surface area contributed by atoms with Crippen LogP contribution in [0.1, 0.15) is 34.1 Å². The number of anilines is 1. The number of carbonyl (C=O) groups excluding carboxylic acids is 1. The summed E-state index contributed by atoms with van der Waals surface area (Å²) in [4.78, 5) is 30.5. The van der Waals surface area contributed by atoms with Gasteiger partial charge in [-0.3, -0.25) is 9.59 Å². The fraction of sp³-hybridized carbons (Fsp3) is 0.250. The molecule has 2 heterocycles. The number of benzene rings is 1. The van der Waals surface area contributed by atoms with Crippen molar-refractivity contribution in [2.24, 2.45) is 0 Å². The van der Waals surface area contributed by atoms with Gasteiger partial charge in [0, 0.05) is 12.7 Å². The number of carbonyl (C=O) groups is 2. The van der Waals surface area contributed by atoms with E-state index in [4.69, 9.17) is 15.6 Å². The van der Waals surface area contributed by atoms with Crippen molar-refractivity contribution in [2.45, 2.75) is 19.4 Å². The molecule has 0 bridgehead atoms. The van der Waals surface area contributed by atoms with Crippen molar-refractivity contribution in [1.82, 2.24) is 14.9 Å². The number of nitrogens with two attached hydrogens (primary N) is 1. The molecule has 24 heavy (non-hydrogen) atoms. The van der Waals surface area contributed by atoms with Gasteiger partial charge in [0.25, 0.3) is 12.4 Å². The van der Waals surface area contributed by atoms with Gasteiger partial charge in [-0.05, 0) is 31.0 Å². The monoisotopic (exact) mass is 332 g/mol. The summed E-state index contributed by atoms with van der Waals surface area (Å²) in [6.45, 7) is 2.16. The number of hydrogen-bond acceptors (Lipinski definition) is 5. The quantitative estimate of drug-likeness (QED) is 0.812. The number of amides is 1. The Morgan fingerprint density at radius 3 is 2.54 bits per heavy atom. The summed E-state index contributed by atoms with van der Waals surface area (Å²) in [7, 11) is 0. The number of rotatable bonds is 2. The maximum Gasteiger partial charge on any atom is 0.290 e. The summed E-state index contributed by atoms with van der Waals surface area (Å²) in [5, 5.41) is 6.89. The van der Waals surface area contributed by atoms with Gasteiger partial charge in [-0.1, -0.05) is 12.1 Å². The second-order valence-electron chi connectivity index (χ2n) is 5.19. The number of aryl methyl sites for hydroxylation is 1. The van der Waals surface area contributed by atoms with Gasteiger partial charge in [-0.25, -0.2) is 14.4 Å². The van der Waals surface area contributed by atoms with E-state index in [1.54, 1.807) is 24.0 Å². The van der Waals surface area contributed by atoms with E-state index in [1.807, 2.05) is 0 Å². The minimum absolute atomic E-state index is 0.0185. The molecule has 8 heteroatoms. The summed E-state index contributed by atoms with van der Waals surface area (Å²) in [5.74, 6) is -0.241. The SMILES string of the molecule is Cc1nc(N)ncc1C(=O)N1CCC1c1ccc(F)cc1.O=CO. The van der Waals surface area contributed by atoms with Crippen LogP contribution in [-0.2, 0) is 4.79 Å². The second kappa shape index (κ2) is 7.49. The topological polar surface area (TPSA) is 109 Å². The number of nitrogen functional groups attached to an aromatic ring is 1. The maximum atomic E-state index is 13.0. The summed E-state index contributed by atoms with van der Waals surface area (Å²) in [5.41, 5.74) is 7.46. The molecule has 7 nitrogen and oxygen atoms in total. The van der Waals surface area contributed by atoms with E-state index in [0.29, 0.717) is 17.8 Å². The van der Waals surface area contributed by atoms with Crippen molar-refractivity contribution in [3.8, 4) is 0 Å². The van der Waals surface area contributed by atoms with E-state index in [9.17, 15) is 9.18 Å². The predicted molar refractivity (Wildman–Crippen MR) is 84.7 cm³/mol. The standard InChI is InChI=1S/C15H15FN4O.CH2O2/c1-9-12(8-18-15(17)19-9)14(21)20-7-6-13(20)10-2-4-11(16)5-3-10;2-1-3/h2-5,8,13H,6-7H2,1H3,(H2,17,18,19);1H,(H,2,3). The molecule has 1 fully saturated rings. The number of carboxylic acid groups (broad SMARTS) is 1. The van der Waals surface area contributed by atoms with Gasteiger partial charge in [0.15, 0.2) is 0 Å². The number of likely N-dealkylation sites (tertiary alicyclic amines) is 1. The van der Waals surface area contributed by atoms with Crippen LogP contribution in [0, 0.1) is 12.7 Å². The van der Waals surface area contributed by atoms with Crippen LogP contribution >= 0.6 is 0 Å². The summed E-state index contributed by atoms with van der Waals surface area (Å²) in [6.07, 6.45) is 2.33. The van der Waals surface area contributed by atoms with Crippen LogP contribution in [0.3, 0.4) is 0 Å². The average molecular weight is 332 g/mol. The van der Waals surface area contributed by atoms with Crippen molar-refractivity contribution in [1.29, 1.82) is 0 Å². The highest BCUT2D eigenvalue weighted by Crippen LogP contribution is 2.34. The fourth-order valence-corrected chi connectivity index (χ4v) is 2.51. The summed E-state index contributed by atoms with van der Waals surface area (Å²) < 4.78 is 13.0. The Morgan fingerprint density at radius 1 is 1.42 bits per heavy atom. The molecule has 3 N–H and O–H groups in total. The first kappa shape index (κ1) is 17.3. The Labute approximate surface area is 137 Å². The lowest BCUT2D eigenvalue weighted by Gasteiger charge is -2.41. The van der Waals surface area contributed by atoms with E-state index in [2.05, 4.69) is 9.97 Å². The van der Waals surface area contributed by atoms with Crippen LogP contribution < -0.4 is 5.73 Å². The third-order valence-corrected chi connectivity index (χ3v) is 3.76. The van der Waals surface area contributed by atoms with E-state index in [0.717, 1.165) is 12.0 Å². The van der Waals surface area contributed by atoms with Crippen molar-refractivity contribution >= 4 is 18.3 Å². The number of halogens is 1. The highest BCUT2D eigenvalue weighted by Gasteiger charge is 2.34. The molecule has 1 aliphatic heterocycles. The molecular weight excluding hydrogens is 315 g/mol. The summed E-state index contributed by atoms with van der Waals surface area (Å²) >= 11 is 0. The normalized spacial score (nSPS) is 15.8. The average Bonchev–Trinajstić information content (AvgIpc) is 2.49. The Hall–Kier alpha value is -3.03. The highest BCUT2D eigenvalue weighted by molar-refractivity contribution is 5.95. The van der Waals surface area contributed by atoms with Crippen molar-refractivity contribution < 1.29 is 19.1 Å². The van der Waals surface area contributed by atoms with Crippen molar-refractivity contribution in [2.75, 3.05) is 12.3 Å². The summed E-state index contributed by atoms with van der Waals surface area (Å²) in [6, 6.07) is 6.23. The lowest BCUT2D eigenvalue weighted by atomic mass is 9.93. The predicted octanol–water partition coefficient (Wildman–Crippen LogP) is 1.79. The zero-order valence-electron chi connectivity index (χ0n) is 13.0. The van der Waals surface area contributed by atoms with Crippen LogP contribution in [0.4, 0.5) is 10.3 Å². The Balaban J connectivity index is 0.000000647. The zero-order valence-corrected chi connectivity index (χ0v) is 13.0. The molecule has 2 aromatic rings. The van der Waals surface area contributed by atoms with E-state index in [1.165, 1.54) is 18.3 Å². The van der Waals surface area contributed by atoms with Gasteiger partial charge in [0.1, 0.15) is 5.82 Å². The van der Waals surface area contributed by atoms with Gasteiger partial charge >= 0.3 is 0 Å². The number of nitrogens with zero attached hydrogens (tertiary/aromatic N) is 3. The van der Waals surface area contributed by atoms with E-state index < -0.39 is 0 Å². The molecule has 1 amide bonds. The van der Waals surface area contributed by atoms with Crippen LogP contribution in [0.25, 0.3) is 0 Å². The first-order valence-corrected chi connectivity index (χ1v) is 7.21. The van der Waals surface area contributed by atoms with Gasteiger partial charge in [0.2, 0.25) is 5.95 Å². The molecule has 1 aromatic carbocycles. The van der Waals surface area contributed by atoms with Crippen LogP contribution in [0.15, 0.2) is 30.5 Å². The van der Waals surface area contributed by atoms with Crippen LogP contribution in [0.5, 0.6) is 0 Å². The van der Waals surface area contributed by atoms with Crippen LogP contribution in [-0.4, -0.2) is 38.9 Å². The Morgan fingerprint density at radius 2 is 2.04 bits per heavy atom. The minimum atomic E-state index is -0.279. The molecule has 1 aromatic heterocycles. The van der Waals surface area contributed by atoms with E-state index >= 15 is 0 Å². The van der Waals surface area contributed by atoms with E-state index in [-0.39, 0.29) is 30.2 Å². The smallest absolute Gasteiger partial charge is 0.290 e. The minimum Gasteiger partial charge on any atom is -0.483 e. The molecule has 1 saturated heterocycles. The molecule has 0 spiro atoms. The molecule has 0 radical (unpaired) electrons. The van der Waals surface area contributed by atoms with Gasteiger partial charge in [0.05, 0.1) is 17.3 Å². The molecule has 0 saturated carbocycles. The van der Waals surface area contributed by atoms with Gasteiger partial charge in [-0.2, -0.15) is 0 Å². The van der Waals surface area contributed by atoms with Gasteiger partial charge < -0.3 is 15.7 Å². The Kier molecular flexibility index (Phi) is 5.41. The largest absolute Gasteiger partial charge is 0.483 e. The molecule has 1 atom stereocenters. The highest BCUT2D eigenvalue weighted by atomic mass is 19.1. The molecule has 126 valence electrons. The molecule has 0 aliphatic carbocycles. The Bertz CT molecular complexity index is 737. The van der Waals surface area contributed by atoms with Crippen LogP contribution in [0.2, 0.25) is 0 Å². The lowest BCUT2D eigenvalue weighted by molar-refractivity contribution is -0.122. The second-order valence-corrected chi connectivity index (χ2v) is 5.19. The maximum absolute atomic E-state index is 13.0. The molecular formula is C16H17FN4O3. The van der Waals surface area contributed by atoms with Gasteiger partial charge in [-0.15, -0.1) is 0 Å². The molecule has 1 unspecified atom stereocenters. The molecule has 1 aliphatic rings. The van der Waals surface area contributed by atoms with Crippen molar-refractivity contribution in [3.05, 3.63) is 53.1 Å². The zero-order chi connectivity index (χ0) is 17.7. The number of aromatic nitrogens is 2. The lowest BCUT2D eigenvalue weighted by Crippen LogP contribution is -2.45. The molecule has 3 rings (SSSR count). The first-order valence-electron chi connectivity index (χ1n) is 7.21. The third-order valence-electron chi connectivity index (χ3n) is 3.76. The first-order chi connectivity index (χ1) is 11.5. The third kappa shape index (κ3) is 3.65. The number of hydrogen-bond donors (Lipinski definition) is 2. The fourth-order valence-electron chi connectivity index (χ4n) is 2.51. The van der Waals surface area contributed by atoms with Crippen molar-refractivity contribution in [3.63, 3.8) is 0 Å².